The van der Waals surface area contributed by atoms with Gasteiger partial charge in [0, 0.05) is 45.8 Å². The monoisotopic (exact) mass is 608 g/mol. The molecule has 0 radical (unpaired) electrons. The van der Waals surface area contributed by atoms with Crippen LogP contribution in [0.4, 0.5) is 0 Å². The second kappa shape index (κ2) is 13.9. The standard InChI is InChI=1S/C34H48N4O6/c1-5-14-36(17-16-35-18-20-43-21-19-35)33(42)30-34-13-12-27(44-34)28(29(34)32(41)38(30)26(23-39)24(3)4)31(40)37(15-6-2)22-25-10-8-7-9-11-25/h5-11,24,26-30,39H,1-2,12-23H2,3-4H3/t26-,27+,28-,29-,30?,34?/m0/s1. The molecular weight excluding hydrogens is 560 g/mol. The molecule has 1 N–H and O–H groups in total. The first kappa shape index (κ1) is 32.3. The van der Waals surface area contributed by atoms with E-state index >= 15 is 0 Å². The molecule has 3 amide bonds. The third kappa shape index (κ3) is 5.97. The average Bonchev–Trinajstić information content (AvgIpc) is 3.67. The molecule has 1 aromatic carbocycles. The summed E-state index contributed by atoms with van der Waals surface area (Å²) in [5.41, 5.74) is -0.152. The fourth-order valence-corrected chi connectivity index (χ4v) is 7.74. The predicted octanol–water partition coefficient (Wildman–Crippen LogP) is 1.94. The van der Waals surface area contributed by atoms with E-state index in [1.807, 2.05) is 44.2 Å². The van der Waals surface area contributed by atoms with Crippen LogP contribution in [0.5, 0.6) is 0 Å². The summed E-state index contributed by atoms with van der Waals surface area (Å²) in [4.78, 5) is 50.9. The van der Waals surface area contributed by atoms with Crippen LogP contribution in [-0.4, -0.2) is 125 Å². The fraction of sp³-hybridized carbons (Fsp3) is 0.618. The highest BCUT2D eigenvalue weighted by molar-refractivity contribution is 5.99. The maximum Gasteiger partial charge on any atom is 0.248 e. The number of rotatable bonds is 14. The van der Waals surface area contributed by atoms with Crippen molar-refractivity contribution < 1.29 is 29.0 Å². The van der Waals surface area contributed by atoms with E-state index in [1.54, 1.807) is 26.9 Å². The maximum atomic E-state index is 14.7. The average molecular weight is 609 g/mol. The lowest BCUT2D eigenvalue weighted by Gasteiger charge is -2.40. The van der Waals surface area contributed by atoms with Crippen LogP contribution in [0.1, 0.15) is 32.3 Å². The highest BCUT2D eigenvalue weighted by Crippen LogP contribution is 2.59. The van der Waals surface area contributed by atoms with Gasteiger partial charge in [0.2, 0.25) is 17.7 Å². The molecule has 4 aliphatic rings. The highest BCUT2D eigenvalue weighted by Gasteiger charge is 2.75. The first-order chi connectivity index (χ1) is 21.3. The quantitative estimate of drug-likeness (QED) is 0.322. The smallest absolute Gasteiger partial charge is 0.248 e. The minimum absolute atomic E-state index is 0.114. The van der Waals surface area contributed by atoms with E-state index in [2.05, 4.69) is 18.1 Å². The van der Waals surface area contributed by atoms with Crippen LogP contribution in [0.2, 0.25) is 0 Å². The van der Waals surface area contributed by atoms with Crippen LogP contribution in [-0.2, 0) is 30.4 Å². The van der Waals surface area contributed by atoms with Gasteiger partial charge in [-0.05, 0) is 24.3 Å². The molecule has 1 spiro atoms. The summed E-state index contributed by atoms with van der Waals surface area (Å²) in [6.07, 6.45) is 4.04. The van der Waals surface area contributed by atoms with Crippen molar-refractivity contribution in [2.45, 2.75) is 57.0 Å². The Labute approximate surface area is 261 Å². The lowest BCUT2D eigenvalue weighted by Crippen LogP contribution is -2.60. The van der Waals surface area contributed by atoms with Crippen LogP contribution < -0.4 is 0 Å². The second-order valence-corrected chi connectivity index (χ2v) is 12.8. The molecule has 2 unspecified atom stereocenters. The van der Waals surface area contributed by atoms with E-state index in [-0.39, 0.29) is 30.2 Å². The molecule has 4 heterocycles. The Hall–Kier alpha value is -3.05. The van der Waals surface area contributed by atoms with Crippen molar-refractivity contribution in [2.75, 3.05) is 59.1 Å². The fourth-order valence-electron chi connectivity index (χ4n) is 7.74. The molecule has 2 bridgehead atoms. The molecule has 10 nitrogen and oxygen atoms in total. The van der Waals surface area contributed by atoms with Crippen molar-refractivity contribution in [2.24, 2.45) is 17.8 Å². The van der Waals surface area contributed by atoms with E-state index in [1.165, 1.54) is 0 Å². The van der Waals surface area contributed by atoms with Crippen molar-refractivity contribution in [3.05, 3.63) is 61.2 Å². The van der Waals surface area contributed by atoms with E-state index in [0.717, 1.165) is 18.7 Å². The lowest BCUT2D eigenvalue weighted by atomic mass is 9.70. The minimum atomic E-state index is -1.13. The van der Waals surface area contributed by atoms with Gasteiger partial charge < -0.3 is 29.3 Å². The highest BCUT2D eigenvalue weighted by atomic mass is 16.5. The number of morpholine rings is 1. The van der Waals surface area contributed by atoms with Crippen LogP contribution in [0, 0.1) is 17.8 Å². The minimum Gasteiger partial charge on any atom is -0.394 e. The van der Waals surface area contributed by atoms with Crippen LogP contribution >= 0.6 is 0 Å². The molecule has 5 rings (SSSR count). The Kier molecular flexibility index (Phi) is 10.2. The number of aliphatic hydroxyl groups is 1. The largest absolute Gasteiger partial charge is 0.394 e. The van der Waals surface area contributed by atoms with Crippen molar-refractivity contribution in [3.63, 3.8) is 0 Å². The SMILES string of the molecule is C=CCN(CCN1CCOCC1)C(=O)C1N([C@@H](CO)C(C)C)C(=O)[C@@H]2[C@@H](C(=O)N(CC=C)Cc3ccccc3)[C@H]3CCC12O3. The number of carbonyl (C=O) groups excluding carboxylic acids is 3. The molecule has 1 aromatic rings. The Balaban J connectivity index is 1.48. The molecule has 0 saturated carbocycles. The Morgan fingerprint density at radius 2 is 1.77 bits per heavy atom. The molecule has 0 aromatic heterocycles. The summed E-state index contributed by atoms with van der Waals surface area (Å²) in [5, 5.41) is 10.5. The van der Waals surface area contributed by atoms with Gasteiger partial charge in [-0.15, -0.1) is 13.2 Å². The number of fused-ring (bicyclic) bond motifs is 1. The van der Waals surface area contributed by atoms with Gasteiger partial charge in [0.15, 0.2) is 0 Å². The van der Waals surface area contributed by atoms with Crippen molar-refractivity contribution in [3.8, 4) is 0 Å². The number of likely N-dealkylation sites (tertiary alicyclic amines) is 1. The van der Waals surface area contributed by atoms with E-state index in [0.29, 0.717) is 58.8 Å². The lowest BCUT2D eigenvalue weighted by molar-refractivity contribution is -0.153. The van der Waals surface area contributed by atoms with Gasteiger partial charge in [-0.1, -0.05) is 56.3 Å². The first-order valence-corrected chi connectivity index (χ1v) is 16.0. The number of hydrogen-bond donors (Lipinski definition) is 1. The molecule has 4 saturated heterocycles. The van der Waals surface area contributed by atoms with Crippen molar-refractivity contribution in [1.82, 2.24) is 19.6 Å². The zero-order valence-corrected chi connectivity index (χ0v) is 26.2. The number of benzene rings is 1. The van der Waals surface area contributed by atoms with E-state index < -0.39 is 35.6 Å². The zero-order valence-electron chi connectivity index (χ0n) is 26.2. The zero-order chi connectivity index (χ0) is 31.4. The third-order valence-electron chi connectivity index (χ3n) is 9.90. The summed E-state index contributed by atoms with van der Waals surface area (Å²) in [5.74, 6) is -2.28. The van der Waals surface area contributed by atoms with Crippen molar-refractivity contribution >= 4 is 17.7 Å². The Morgan fingerprint density at radius 3 is 2.41 bits per heavy atom. The van der Waals surface area contributed by atoms with Gasteiger partial charge in [-0.25, -0.2) is 0 Å². The second-order valence-electron chi connectivity index (χ2n) is 12.8. The van der Waals surface area contributed by atoms with Gasteiger partial charge >= 0.3 is 0 Å². The Bertz CT molecular complexity index is 1200. The number of amides is 3. The number of ether oxygens (including phenoxy) is 2. The first-order valence-electron chi connectivity index (χ1n) is 16.0. The molecule has 44 heavy (non-hydrogen) atoms. The molecule has 0 aliphatic carbocycles. The molecule has 240 valence electrons. The summed E-state index contributed by atoms with van der Waals surface area (Å²) in [6, 6.07) is 8.22. The van der Waals surface area contributed by atoms with Gasteiger partial charge in [0.1, 0.15) is 11.6 Å². The Morgan fingerprint density at radius 1 is 1.09 bits per heavy atom. The number of hydrogen-bond acceptors (Lipinski definition) is 7. The number of nitrogens with zero attached hydrogens (tertiary/aromatic N) is 4. The molecule has 4 aliphatic heterocycles. The van der Waals surface area contributed by atoms with Crippen molar-refractivity contribution in [1.29, 1.82) is 0 Å². The van der Waals surface area contributed by atoms with E-state index in [9.17, 15) is 19.5 Å². The molecule has 4 fully saturated rings. The van der Waals surface area contributed by atoms with Crippen LogP contribution in [0.3, 0.4) is 0 Å². The van der Waals surface area contributed by atoms with Gasteiger partial charge in [0.05, 0.1) is 43.8 Å². The summed E-state index contributed by atoms with van der Waals surface area (Å²) >= 11 is 0. The van der Waals surface area contributed by atoms with Crippen LogP contribution in [0.25, 0.3) is 0 Å². The number of carbonyl (C=O) groups is 3. The van der Waals surface area contributed by atoms with Crippen LogP contribution in [0.15, 0.2) is 55.6 Å². The maximum absolute atomic E-state index is 14.7. The van der Waals surface area contributed by atoms with Gasteiger partial charge in [-0.3, -0.25) is 19.3 Å². The molecule has 6 atom stereocenters. The van der Waals surface area contributed by atoms with Gasteiger partial charge in [0.25, 0.3) is 0 Å². The topological polar surface area (TPSA) is 103 Å². The normalized spacial score (nSPS) is 28.6. The summed E-state index contributed by atoms with van der Waals surface area (Å²) in [7, 11) is 0. The molecular formula is C34H48N4O6. The third-order valence-corrected chi connectivity index (χ3v) is 9.90. The van der Waals surface area contributed by atoms with E-state index in [4.69, 9.17) is 9.47 Å². The number of aliphatic hydroxyl groups excluding tert-OH is 1. The molecule has 10 heteroatoms. The van der Waals surface area contributed by atoms with Gasteiger partial charge in [-0.2, -0.15) is 0 Å². The summed E-state index contributed by atoms with van der Waals surface area (Å²) < 4.78 is 12.2. The predicted molar refractivity (Wildman–Crippen MR) is 166 cm³/mol. The summed E-state index contributed by atoms with van der Waals surface area (Å²) in [6.45, 7) is 16.5.